The van der Waals surface area contributed by atoms with Crippen LogP contribution in [0.2, 0.25) is 0 Å². The highest BCUT2D eigenvalue weighted by Gasteiger charge is 2.31. The average Bonchev–Trinajstić information content (AvgIpc) is 2.92. The first-order valence-electron chi connectivity index (χ1n) is 13.4. The third-order valence-corrected chi connectivity index (χ3v) is 6.94. The Balaban J connectivity index is 1.83. The van der Waals surface area contributed by atoms with E-state index in [1.807, 2.05) is 24.3 Å². The van der Waals surface area contributed by atoms with Crippen LogP contribution in [0.5, 0.6) is 5.75 Å². The van der Waals surface area contributed by atoms with E-state index < -0.39 is 77.6 Å². The van der Waals surface area contributed by atoms with Crippen molar-refractivity contribution in [3.8, 4) is 5.75 Å². The lowest BCUT2D eigenvalue weighted by atomic mass is 9.83. The summed E-state index contributed by atoms with van der Waals surface area (Å²) >= 11 is 0. The van der Waals surface area contributed by atoms with Gasteiger partial charge in [0.2, 0.25) is 5.82 Å². The summed E-state index contributed by atoms with van der Waals surface area (Å²) in [5.41, 5.74) is 1.37. The molecule has 0 unspecified atom stereocenters. The van der Waals surface area contributed by atoms with Crippen molar-refractivity contribution >= 4 is 17.5 Å². The summed E-state index contributed by atoms with van der Waals surface area (Å²) in [6, 6.07) is 10.2. The fourth-order valence-corrected chi connectivity index (χ4v) is 4.81. The number of benzene rings is 2. The Morgan fingerprint density at radius 1 is 0.976 bits per heavy atom. The van der Waals surface area contributed by atoms with Crippen LogP contribution in [0.4, 0.5) is 13.2 Å². The molecule has 0 aliphatic rings. The third kappa shape index (κ3) is 7.71. The SMILES string of the molecule is CC[C@@H](C(=O)C[C@@H](CC(=O)O)C(=O)COc1c(F)ccc(F)c1F)c1ccnn(Cc2ccccc2C(C)(C)C)c1=O. The van der Waals surface area contributed by atoms with Crippen LogP contribution in [0.15, 0.2) is 53.5 Å². The van der Waals surface area contributed by atoms with Crippen molar-refractivity contribution in [1.82, 2.24) is 9.78 Å². The molecule has 3 aromatic rings. The summed E-state index contributed by atoms with van der Waals surface area (Å²) < 4.78 is 47.4. The van der Waals surface area contributed by atoms with E-state index in [4.69, 9.17) is 4.74 Å². The molecule has 0 saturated heterocycles. The summed E-state index contributed by atoms with van der Waals surface area (Å²) in [6.45, 7) is 7.00. The van der Waals surface area contributed by atoms with Crippen molar-refractivity contribution in [2.45, 2.75) is 64.8 Å². The highest BCUT2D eigenvalue weighted by Crippen LogP contribution is 2.28. The van der Waals surface area contributed by atoms with Crippen LogP contribution in [-0.2, 0) is 26.3 Å². The van der Waals surface area contributed by atoms with Crippen molar-refractivity contribution in [3.63, 3.8) is 0 Å². The minimum Gasteiger partial charge on any atom is -0.481 e. The second-order valence-electron chi connectivity index (χ2n) is 11.0. The van der Waals surface area contributed by atoms with Gasteiger partial charge in [-0.1, -0.05) is 52.0 Å². The Morgan fingerprint density at radius 3 is 2.29 bits per heavy atom. The van der Waals surface area contributed by atoms with Crippen LogP contribution >= 0.6 is 0 Å². The van der Waals surface area contributed by atoms with Gasteiger partial charge in [-0.3, -0.25) is 19.2 Å². The summed E-state index contributed by atoms with van der Waals surface area (Å²) in [7, 11) is 0. The van der Waals surface area contributed by atoms with E-state index in [9.17, 15) is 37.5 Å². The van der Waals surface area contributed by atoms with Gasteiger partial charge in [-0.05, 0) is 41.2 Å². The Hall–Kier alpha value is -4.28. The number of aromatic nitrogens is 2. The molecule has 0 fully saturated rings. The maximum absolute atomic E-state index is 13.9. The predicted octanol–water partition coefficient (Wildman–Crippen LogP) is 5.20. The van der Waals surface area contributed by atoms with Crippen LogP contribution < -0.4 is 10.3 Å². The van der Waals surface area contributed by atoms with Crippen molar-refractivity contribution in [2.75, 3.05) is 6.61 Å². The number of hydrogen-bond acceptors (Lipinski definition) is 6. The van der Waals surface area contributed by atoms with Gasteiger partial charge in [0.15, 0.2) is 23.2 Å². The molecule has 0 aliphatic carbocycles. The molecule has 8 nitrogen and oxygen atoms in total. The Labute approximate surface area is 241 Å². The first-order valence-corrected chi connectivity index (χ1v) is 13.4. The average molecular weight is 587 g/mol. The summed E-state index contributed by atoms with van der Waals surface area (Å²) in [5.74, 6) is -10.7. The summed E-state index contributed by atoms with van der Waals surface area (Å²) in [6.07, 6.45) is 0.265. The van der Waals surface area contributed by atoms with Gasteiger partial charge in [-0.25, -0.2) is 13.5 Å². The topological polar surface area (TPSA) is 116 Å². The number of carbonyl (C=O) groups excluding carboxylic acids is 2. The fourth-order valence-electron chi connectivity index (χ4n) is 4.81. The van der Waals surface area contributed by atoms with Crippen molar-refractivity contribution < 1.29 is 37.4 Å². The van der Waals surface area contributed by atoms with Gasteiger partial charge in [0, 0.05) is 30.0 Å². The second kappa shape index (κ2) is 13.6. The standard InChI is InChI=1S/C31H33F3N2O6/c1-5-20(21-12-13-35-36(30(21)41)16-18-8-6-7-9-22(18)31(2,3)4)25(37)14-19(15-27(39)40)26(38)17-42-29-24(33)11-10-23(32)28(29)34/h6-13,19-20H,5,14-17H2,1-4H3,(H,39,40)/t19-,20+/m0/s1. The highest BCUT2D eigenvalue weighted by atomic mass is 19.2. The highest BCUT2D eigenvalue weighted by molar-refractivity contribution is 5.93. The minimum atomic E-state index is -1.64. The number of Topliss-reactive ketones (excluding diaryl/α,β-unsaturated/α-hetero) is 2. The largest absolute Gasteiger partial charge is 0.481 e. The number of carboxylic acids is 1. The first kappa shape index (κ1) is 32.2. The molecular formula is C31H33F3N2O6. The normalized spacial score (nSPS) is 12.9. The molecule has 3 rings (SSSR count). The van der Waals surface area contributed by atoms with Crippen LogP contribution in [-0.4, -0.2) is 39.0 Å². The maximum Gasteiger partial charge on any atom is 0.304 e. The number of carbonyl (C=O) groups is 3. The number of aliphatic carboxylic acids is 1. The van der Waals surface area contributed by atoms with Gasteiger partial charge in [-0.2, -0.15) is 9.49 Å². The molecule has 224 valence electrons. The van der Waals surface area contributed by atoms with Gasteiger partial charge in [0.05, 0.1) is 13.0 Å². The molecule has 2 aromatic carbocycles. The predicted molar refractivity (Wildman–Crippen MR) is 148 cm³/mol. The number of ketones is 2. The molecule has 1 N–H and O–H groups in total. The van der Waals surface area contributed by atoms with E-state index in [-0.39, 0.29) is 23.9 Å². The van der Waals surface area contributed by atoms with Crippen molar-refractivity contribution in [3.05, 3.63) is 93.2 Å². The lowest BCUT2D eigenvalue weighted by Gasteiger charge is -2.23. The number of halogens is 3. The van der Waals surface area contributed by atoms with E-state index in [1.165, 1.54) is 16.9 Å². The van der Waals surface area contributed by atoms with Crippen LogP contribution in [0.25, 0.3) is 0 Å². The van der Waals surface area contributed by atoms with Gasteiger partial charge in [0.25, 0.3) is 5.56 Å². The number of ether oxygens (including phenoxy) is 1. The van der Waals surface area contributed by atoms with Gasteiger partial charge in [-0.15, -0.1) is 0 Å². The maximum atomic E-state index is 13.9. The van der Waals surface area contributed by atoms with Crippen LogP contribution in [0, 0.1) is 23.4 Å². The van der Waals surface area contributed by atoms with Gasteiger partial charge >= 0.3 is 5.97 Å². The number of hydrogen-bond donors (Lipinski definition) is 1. The smallest absolute Gasteiger partial charge is 0.304 e. The number of rotatable bonds is 13. The van der Waals surface area contributed by atoms with E-state index >= 15 is 0 Å². The van der Waals surface area contributed by atoms with Crippen molar-refractivity contribution in [2.24, 2.45) is 5.92 Å². The van der Waals surface area contributed by atoms with E-state index in [2.05, 4.69) is 25.9 Å². The molecule has 0 radical (unpaired) electrons. The van der Waals surface area contributed by atoms with Gasteiger partial charge < -0.3 is 9.84 Å². The first-order chi connectivity index (χ1) is 19.7. The fraction of sp³-hybridized carbons (Fsp3) is 0.387. The molecule has 0 bridgehead atoms. The molecule has 42 heavy (non-hydrogen) atoms. The molecule has 0 spiro atoms. The molecule has 0 saturated carbocycles. The minimum absolute atomic E-state index is 0.146. The monoisotopic (exact) mass is 586 g/mol. The number of nitrogens with zero attached hydrogens (tertiary/aromatic N) is 2. The quantitative estimate of drug-likeness (QED) is 0.274. The summed E-state index contributed by atoms with van der Waals surface area (Å²) in [4.78, 5) is 51.1. The summed E-state index contributed by atoms with van der Waals surface area (Å²) in [5, 5.41) is 13.5. The second-order valence-corrected chi connectivity index (χ2v) is 11.0. The molecule has 11 heteroatoms. The number of carboxylic acid groups (broad SMARTS) is 1. The zero-order valence-corrected chi connectivity index (χ0v) is 23.8. The van der Waals surface area contributed by atoms with E-state index in [0.29, 0.717) is 12.1 Å². The van der Waals surface area contributed by atoms with Gasteiger partial charge in [0.1, 0.15) is 12.4 Å². The molecule has 1 heterocycles. The zero-order valence-electron chi connectivity index (χ0n) is 23.8. The molecule has 0 aliphatic heterocycles. The zero-order chi connectivity index (χ0) is 31.2. The molecule has 1 aromatic heterocycles. The molecule has 0 amide bonds. The Bertz CT molecular complexity index is 1530. The third-order valence-electron chi connectivity index (χ3n) is 6.94. The van der Waals surface area contributed by atoms with Crippen LogP contribution in [0.1, 0.15) is 69.6 Å². The Kier molecular flexibility index (Phi) is 10.4. The lowest BCUT2D eigenvalue weighted by Crippen LogP contribution is -2.32. The van der Waals surface area contributed by atoms with Crippen molar-refractivity contribution in [1.29, 1.82) is 0 Å². The molecule has 2 atom stereocenters. The lowest BCUT2D eigenvalue weighted by molar-refractivity contribution is -0.141. The van der Waals surface area contributed by atoms with E-state index in [0.717, 1.165) is 11.1 Å². The van der Waals surface area contributed by atoms with E-state index in [1.54, 1.807) is 6.92 Å². The Morgan fingerprint density at radius 2 is 1.64 bits per heavy atom. The van der Waals surface area contributed by atoms with Crippen LogP contribution in [0.3, 0.4) is 0 Å². The molecular weight excluding hydrogens is 553 g/mol.